The molecular weight excluding hydrogens is 220 g/mol. The number of carbonyl (C=O) groups is 1. The highest BCUT2D eigenvalue weighted by molar-refractivity contribution is 5.84. The first-order valence-corrected chi connectivity index (χ1v) is 7.93. The van der Waals surface area contributed by atoms with Crippen molar-refractivity contribution in [3.8, 4) is 0 Å². The van der Waals surface area contributed by atoms with Gasteiger partial charge in [-0.25, -0.2) is 0 Å². The predicted molar refractivity (Wildman–Crippen MR) is 78.7 cm³/mol. The van der Waals surface area contributed by atoms with E-state index in [0.717, 1.165) is 19.3 Å². The Morgan fingerprint density at radius 3 is 2.28 bits per heavy atom. The van der Waals surface area contributed by atoms with E-state index in [4.69, 9.17) is 0 Å². The van der Waals surface area contributed by atoms with E-state index in [1.54, 1.807) is 0 Å². The van der Waals surface area contributed by atoms with Crippen LogP contribution in [0.1, 0.15) is 91.9 Å². The van der Waals surface area contributed by atoms with Gasteiger partial charge in [0.05, 0.1) is 0 Å². The number of Topliss-reactive ketones (excluding diaryl/α,β-unsaturated/α-hetero) is 1. The van der Waals surface area contributed by atoms with E-state index in [-0.39, 0.29) is 5.41 Å². The van der Waals surface area contributed by atoms with Gasteiger partial charge in [-0.3, -0.25) is 4.79 Å². The second kappa shape index (κ2) is 6.73. The summed E-state index contributed by atoms with van der Waals surface area (Å²) in [7, 11) is 0. The number of rotatable bonds is 6. The van der Waals surface area contributed by atoms with Crippen LogP contribution in [-0.2, 0) is 4.79 Å². The van der Waals surface area contributed by atoms with Crippen LogP contribution in [0.15, 0.2) is 0 Å². The predicted octanol–water partition coefficient (Wildman–Crippen LogP) is 5.52. The second-order valence-electron chi connectivity index (χ2n) is 7.28. The zero-order valence-corrected chi connectivity index (χ0v) is 13.0. The van der Waals surface area contributed by atoms with Gasteiger partial charge in [0.2, 0.25) is 0 Å². The molecule has 0 heterocycles. The topological polar surface area (TPSA) is 17.1 Å². The zero-order valence-electron chi connectivity index (χ0n) is 13.0. The first-order valence-electron chi connectivity index (χ1n) is 7.93. The summed E-state index contributed by atoms with van der Waals surface area (Å²) < 4.78 is 0. The largest absolute Gasteiger partial charge is 0.299 e. The summed E-state index contributed by atoms with van der Waals surface area (Å²) in [6, 6.07) is 0. The Labute approximate surface area is 114 Å². The van der Waals surface area contributed by atoms with Crippen LogP contribution in [0, 0.1) is 10.8 Å². The van der Waals surface area contributed by atoms with Gasteiger partial charge in [0.1, 0.15) is 5.78 Å². The van der Waals surface area contributed by atoms with E-state index in [1.807, 2.05) is 0 Å². The molecule has 1 saturated carbocycles. The fraction of sp³-hybridized carbons (Fsp3) is 0.941. The summed E-state index contributed by atoms with van der Waals surface area (Å²) in [5.41, 5.74) is 0.357. The van der Waals surface area contributed by atoms with Crippen molar-refractivity contribution in [3.63, 3.8) is 0 Å². The third-order valence-electron chi connectivity index (χ3n) is 4.95. The maximum Gasteiger partial charge on any atom is 0.138 e. The average molecular weight is 252 g/mol. The molecule has 0 spiro atoms. The van der Waals surface area contributed by atoms with E-state index in [0.29, 0.717) is 11.2 Å². The van der Waals surface area contributed by atoms with Crippen molar-refractivity contribution in [1.82, 2.24) is 0 Å². The van der Waals surface area contributed by atoms with Gasteiger partial charge in [0, 0.05) is 11.8 Å². The van der Waals surface area contributed by atoms with Gasteiger partial charge in [-0.05, 0) is 31.1 Å². The summed E-state index contributed by atoms with van der Waals surface area (Å²) in [4.78, 5) is 12.0. The van der Waals surface area contributed by atoms with Crippen molar-refractivity contribution < 1.29 is 4.79 Å². The van der Waals surface area contributed by atoms with Gasteiger partial charge in [-0.1, -0.05) is 59.8 Å². The lowest BCUT2D eigenvalue weighted by Crippen LogP contribution is -2.22. The van der Waals surface area contributed by atoms with Crippen LogP contribution in [0.5, 0.6) is 0 Å². The van der Waals surface area contributed by atoms with Crippen molar-refractivity contribution in [2.24, 2.45) is 10.8 Å². The zero-order chi connectivity index (χ0) is 13.6. The third kappa shape index (κ3) is 4.74. The van der Waals surface area contributed by atoms with E-state index < -0.39 is 0 Å². The highest BCUT2D eigenvalue weighted by atomic mass is 16.1. The molecule has 0 amide bonds. The molecule has 1 aliphatic carbocycles. The molecule has 1 aliphatic rings. The highest BCUT2D eigenvalue weighted by Gasteiger charge is 2.36. The molecule has 18 heavy (non-hydrogen) atoms. The minimum Gasteiger partial charge on any atom is -0.299 e. The average Bonchev–Trinajstić information content (AvgIpc) is 2.42. The molecule has 0 aromatic carbocycles. The van der Waals surface area contributed by atoms with Crippen LogP contribution in [-0.4, -0.2) is 5.78 Å². The summed E-state index contributed by atoms with van der Waals surface area (Å²) in [6.45, 7) is 8.92. The fourth-order valence-corrected chi connectivity index (χ4v) is 3.04. The van der Waals surface area contributed by atoms with Gasteiger partial charge in [-0.2, -0.15) is 0 Å². The highest BCUT2D eigenvalue weighted by Crippen LogP contribution is 2.43. The minimum atomic E-state index is -0.0695. The van der Waals surface area contributed by atoms with Crippen molar-refractivity contribution in [2.45, 2.75) is 91.9 Å². The number of hydrogen-bond acceptors (Lipinski definition) is 1. The Morgan fingerprint density at radius 1 is 0.944 bits per heavy atom. The van der Waals surface area contributed by atoms with Crippen molar-refractivity contribution >= 4 is 5.78 Å². The maximum absolute atomic E-state index is 12.0. The van der Waals surface area contributed by atoms with E-state index in [9.17, 15) is 4.79 Å². The van der Waals surface area contributed by atoms with E-state index >= 15 is 0 Å². The molecule has 0 aromatic heterocycles. The van der Waals surface area contributed by atoms with Crippen LogP contribution in [0.4, 0.5) is 0 Å². The standard InChI is InChI=1S/C17H32O/c1-5-6-7-8-9-11-17(4)12-10-15(18)16(2,3)13-14-17/h5-14H2,1-4H3. The Morgan fingerprint density at radius 2 is 1.61 bits per heavy atom. The second-order valence-corrected chi connectivity index (χ2v) is 7.28. The smallest absolute Gasteiger partial charge is 0.138 e. The molecule has 1 heteroatoms. The molecule has 106 valence electrons. The molecule has 1 unspecified atom stereocenters. The Kier molecular flexibility index (Phi) is 5.88. The Balaban J connectivity index is 2.37. The molecule has 1 atom stereocenters. The van der Waals surface area contributed by atoms with Crippen LogP contribution < -0.4 is 0 Å². The first kappa shape index (κ1) is 15.7. The fourth-order valence-electron chi connectivity index (χ4n) is 3.04. The molecule has 1 fully saturated rings. The van der Waals surface area contributed by atoms with Crippen molar-refractivity contribution in [3.05, 3.63) is 0 Å². The summed E-state index contributed by atoms with van der Waals surface area (Å²) in [6.07, 6.45) is 12.4. The minimum absolute atomic E-state index is 0.0695. The number of hydrogen-bond donors (Lipinski definition) is 0. The first-order chi connectivity index (χ1) is 8.40. The van der Waals surface area contributed by atoms with Gasteiger partial charge in [0.15, 0.2) is 0 Å². The van der Waals surface area contributed by atoms with Crippen molar-refractivity contribution in [2.75, 3.05) is 0 Å². The van der Waals surface area contributed by atoms with Gasteiger partial charge >= 0.3 is 0 Å². The molecule has 0 radical (unpaired) electrons. The molecule has 0 N–H and O–H groups in total. The lowest BCUT2D eigenvalue weighted by Gasteiger charge is -2.28. The molecule has 0 aromatic rings. The molecule has 1 nitrogen and oxygen atoms in total. The van der Waals surface area contributed by atoms with Crippen LogP contribution >= 0.6 is 0 Å². The van der Waals surface area contributed by atoms with Crippen LogP contribution in [0.2, 0.25) is 0 Å². The molecule has 0 saturated heterocycles. The lowest BCUT2D eigenvalue weighted by molar-refractivity contribution is -0.126. The Hall–Kier alpha value is -0.330. The lowest BCUT2D eigenvalue weighted by atomic mass is 9.76. The van der Waals surface area contributed by atoms with Crippen LogP contribution in [0.3, 0.4) is 0 Å². The monoisotopic (exact) mass is 252 g/mol. The number of unbranched alkanes of at least 4 members (excludes halogenated alkanes) is 4. The third-order valence-corrected chi connectivity index (χ3v) is 4.95. The van der Waals surface area contributed by atoms with E-state index in [2.05, 4.69) is 27.7 Å². The maximum atomic E-state index is 12.0. The molecule has 0 bridgehead atoms. The normalized spacial score (nSPS) is 28.1. The molecule has 0 aliphatic heterocycles. The molecule has 1 rings (SSSR count). The summed E-state index contributed by atoms with van der Waals surface area (Å²) >= 11 is 0. The summed E-state index contributed by atoms with van der Waals surface area (Å²) in [5.74, 6) is 0.484. The van der Waals surface area contributed by atoms with E-state index in [1.165, 1.54) is 44.9 Å². The van der Waals surface area contributed by atoms with Crippen LogP contribution in [0.25, 0.3) is 0 Å². The van der Waals surface area contributed by atoms with Gasteiger partial charge in [-0.15, -0.1) is 0 Å². The SMILES string of the molecule is CCCCCCCC1(C)CCC(=O)C(C)(C)CC1. The number of ketones is 1. The van der Waals surface area contributed by atoms with Gasteiger partial charge < -0.3 is 0 Å². The quantitative estimate of drug-likeness (QED) is 0.449. The summed E-state index contributed by atoms with van der Waals surface area (Å²) in [5, 5.41) is 0. The molecular formula is C17H32O. The van der Waals surface area contributed by atoms with Gasteiger partial charge in [0.25, 0.3) is 0 Å². The Bertz CT molecular complexity index is 267. The van der Waals surface area contributed by atoms with Crippen molar-refractivity contribution in [1.29, 1.82) is 0 Å². The number of carbonyl (C=O) groups excluding carboxylic acids is 1.